The highest BCUT2D eigenvalue weighted by atomic mass is 16.5. The summed E-state index contributed by atoms with van der Waals surface area (Å²) < 4.78 is 6.22. The van der Waals surface area contributed by atoms with Gasteiger partial charge in [0.05, 0.1) is 0 Å². The van der Waals surface area contributed by atoms with Gasteiger partial charge in [0.1, 0.15) is 17.1 Å². The lowest BCUT2D eigenvalue weighted by atomic mass is 9.88. The summed E-state index contributed by atoms with van der Waals surface area (Å²) >= 11 is 0. The summed E-state index contributed by atoms with van der Waals surface area (Å²) in [6, 6.07) is 5.42. The van der Waals surface area contributed by atoms with E-state index in [0.717, 1.165) is 49.8 Å². The first-order valence-electron chi connectivity index (χ1n) is 8.68. The van der Waals surface area contributed by atoms with E-state index in [-0.39, 0.29) is 5.60 Å². The van der Waals surface area contributed by atoms with E-state index in [1.165, 1.54) is 11.1 Å². The maximum Gasteiger partial charge on any atom is 0.123 e. The zero-order chi connectivity index (χ0) is 16.9. The molecular weight excluding hydrogens is 284 g/mol. The number of hydrogen-bond donors (Lipinski definition) is 1. The van der Waals surface area contributed by atoms with Gasteiger partial charge in [0.2, 0.25) is 0 Å². The van der Waals surface area contributed by atoms with Crippen molar-refractivity contribution in [3.05, 3.63) is 47.1 Å². The van der Waals surface area contributed by atoms with Crippen LogP contribution in [0.2, 0.25) is 0 Å². The van der Waals surface area contributed by atoms with Crippen molar-refractivity contribution < 1.29 is 9.84 Å². The molecule has 23 heavy (non-hydrogen) atoms. The fraction of sp³-hybridized carbons (Fsp3) is 0.524. The Morgan fingerprint density at radius 2 is 2.00 bits per heavy atom. The van der Waals surface area contributed by atoms with Crippen molar-refractivity contribution in [2.45, 2.75) is 71.8 Å². The normalized spacial score (nSPS) is 20.6. The standard InChI is InChI=1S/C21H30O2/c1-16(2)7-5-8-17(3)9-6-13-21(4)14-12-18-15-19(22)10-11-20(18)23-21/h7,9-11,15,22H,5-6,8,12-14H2,1-4H3/b17-9-. The number of aromatic hydroxyl groups is 1. The van der Waals surface area contributed by atoms with Gasteiger partial charge in [0.15, 0.2) is 0 Å². The molecule has 0 radical (unpaired) electrons. The maximum absolute atomic E-state index is 9.56. The Labute approximate surface area is 140 Å². The third-order valence-electron chi connectivity index (χ3n) is 4.58. The van der Waals surface area contributed by atoms with Gasteiger partial charge in [-0.15, -0.1) is 0 Å². The van der Waals surface area contributed by atoms with Crippen molar-refractivity contribution in [1.82, 2.24) is 0 Å². The summed E-state index contributed by atoms with van der Waals surface area (Å²) in [5.41, 5.74) is 3.88. The van der Waals surface area contributed by atoms with Crippen molar-refractivity contribution in [2.24, 2.45) is 0 Å². The lowest BCUT2D eigenvalue weighted by molar-refractivity contribution is 0.0570. The van der Waals surface area contributed by atoms with E-state index in [1.807, 2.05) is 12.1 Å². The molecule has 0 amide bonds. The van der Waals surface area contributed by atoms with Gasteiger partial charge in [-0.05, 0) is 90.0 Å². The Kier molecular flexibility index (Phi) is 5.92. The van der Waals surface area contributed by atoms with Crippen molar-refractivity contribution in [3.63, 3.8) is 0 Å². The number of ether oxygens (including phenoxy) is 1. The van der Waals surface area contributed by atoms with E-state index < -0.39 is 0 Å². The van der Waals surface area contributed by atoms with Crippen LogP contribution < -0.4 is 4.74 Å². The molecular formula is C21H30O2. The Morgan fingerprint density at radius 3 is 2.74 bits per heavy atom. The minimum Gasteiger partial charge on any atom is -0.508 e. The van der Waals surface area contributed by atoms with Gasteiger partial charge in [-0.25, -0.2) is 0 Å². The number of benzene rings is 1. The average molecular weight is 314 g/mol. The van der Waals surface area contributed by atoms with Gasteiger partial charge in [-0.3, -0.25) is 0 Å². The summed E-state index contributed by atoms with van der Waals surface area (Å²) in [5.74, 6) is 1.26. The second kappa shape index (κ2) is 7.72. The van der Waals surface area contributed by atoms with Gasteiger partial charge in [-0.2, -0.15) is 0 Å². The molecule has 2 heteroatoms. The van der Waals surface area contributed by atoms with E-state index >= 15 is 0 Å². The van der Waals surface area contributed by atoms with Crippen molar-refractivity contribution in [1.29, 1.82) is 0 Å². The molecule has 1 N–H and O–H groups in total. The molecule has 126 valence electrons. The predicted molar refractivity (Wildman–Crippen MR) is 97.1 cm³/mol. The molecule has 0 aliphatic carbocycles. The highest BCUT2D eigenvalue weighted by Crippen LogP contribution is 2.37. The van der Waals surface area contributed by atoms with Gasteiger partial charge in [-0.1, -0.05) is 23.3 Å². The Hall–Kier alpha value is -1.70. The van der Waals surface area contributed by atoms with Crippen molar-refractivity contribution in [2.75, 3.05) is 0 Å². The van der Waals surface area contributed by atoms with Crippen LogP contribution in [0.5, 0.6) is 11.5 Å². The maximum atomic E-state index is 9.56. The Bertz CT molecular complexity index is 594. The molecule has 0 saturated carbocycles. The summed E-state index contributed by atoms with van der Waals surface area (Å²) in [6.07, 6.45) is 11.0. The van der Waals surface area contributed by atoms with Crippen LogP contribution in [0.25, 0.3) is 0 Å². The summed E-state index contributed by atoms with van der Waals surface area (Å²) in [4.78, 5) is 0. The van der Waals surface area contributed by atoms with Gasteiger partial charge in [0, 0.05) is 0 Å². The van der Waals surface area contributed by atoms with E-state index in [4.69, 9.17) is 4.74 Å². The summed E-state index contributed by atoms with van der Waals surface area (Å²) in [5, 5.41) is 9.56. The Balaban J connectivity index is 1.86. The quantitative estimate of drug-likeness (QED) is 0.657. The van der Waals surface area contributed by atoms with Crippen LogP contribution in [0.4, 0.5) is 0 Å². The SMILES string of the molecule is CC(C)=CCC/C(C)=C\CCC1(C)CCc2cc(O)ccc2O1. The fourth-order valence-corrected chi connectivity index (χ4v) is 3.07. The van der Waals surface area contributed by atoms with Crippen molar-refractivity contribution >= 4 is 0 Å². The summed E-state index contributed by atoms with van der Waals surface area (Å²) in [7, 11) is 0. The monoisotopic (exact) mass is 314 g/mol. The predicted octanol–water partition coefficient (Wildman–Crippen LogP) is 5.95. The first kappa shape index (κ1) is 17.7. The van der Waals surface area contributed by atoms with Gasteiger partial charge < -0.3 is 9.84 Å². The number of fused-ring (bicyclic) bond motifs is 1. The summed E-state index contributed by atoms with van der Waals surface area (Å²) in [6.45, 7) is 8.73. The average Bonchev–Trinajstić information content (AvgIpc) is 2.47. The molecule has 0 bridgehead atoms. The lowest BCUT2D eigenvalue weighted by Gasteiger charge is -2.35. The first-order valence-corrected chi connectivity index (χ1v) is 8.68. The highest BCUT2D eigenvalue weighted by molar-refractivity contribution is 5.41. The Morgan fingerprint density at radius 1 is 1.22 bits per heavy atom. The molecule has 0 aromatic heterocycles. The number of phenols is 1. The molecule has 0 spiro atoms. The smallest absolute Gasteiger partial charge is 0.123 e. The molecule has 2 rings (SSSR count). The largest absolute Gasteiger partial charge is 0.508 e. The number of allylic oxidation sites excluding steroid dienone is 4. The number of hydrogen-bond acceptors (Lipinski definition) is 2. The second-order valence-electron chi connectivity index (χ2n) is 7.25. The molecule has 1 aromatic carbocycles. The topological polar surface area (TPSA) is 29.5 Å². The molecule has 0 saturated heterocycles. The van der Waals surface area contributed by atoms with Crippen LogP contribution in [0.1, 0.15) is 65.4 Å². The van der Waals surface area contributed by atoms with E-state index in [9.17, 15) is 5.11 Å². The van der Waals surface area contributed by atoms with Gasteiger partial charge in [0.25, 0.3) is 0 Å². The lowest BCUT2D eigenvalue weighted by Crippen LogP contribution is -2.36. The minimum absolute atomic E-state index is 0.0966. The molecule has 0 fully saturated rings. The molecule has 1 heterocycles. The van der Waals surface area contributed by atoms with Crippen LogP contribution in [-0.2, 0) is 6.42 Å². The van der Waals surface area contributed by atoms with Crippen LogP contribution in [0, 0.1) is 0 Å². The zero-order valence-electron chi connectivity index (χ0n) is 15.0. The van der Waals surface area contributed by atoms with E-state index in [2.05, 4.69) is 39.8 Å². The van der Waals surface area contributed by atoms with Crippen LogP contribution >= 0.6 is 0 Å². The number of aryl methyl sites for hydroxylation is 1. The van der Waals surface area contributed by atoms with Crippen LogP contribution in [-0.4, -0.2) is 10.7 Å². The molecule has 1 atom stereocenters. The first-order chi connectivity index (χ1) is 10.9. The second-order valence-corrected chi connectivity index (χ2v) is 7.25. The minimum atomic E-state index is -0.0966. The van der Waals surface area contributed by atoms with Crippen LogP contribution in [0.3, 0.4) is 0 Å². The number of phenolic OH excluding ortho intramolecular Hbond substituents is 1. The third kappa shape index (κ3) is 5.46. The molecule has 1 unspecified atom stereocenters. The third-order valence-corrected chi connectivity index (χ3v) is 4.58. The van der Waals surface area contributed by atoms with Crippen molar-refractivity contribution in [3.8, 4) is 11.5 Å². The molecule has 1 aliphatic heterocycles. The molecule has 1 aliphatic rings. The molecule has 2 nitrogen and oxygen atoms in total. The van der Waals surface area contributed by atoms with Gasteiger partial charge >= 0.3 is 0 Å². The van der Waals surface area contributed by atoms with E-state index in [0.29, 0.717) is 5.75 Å². The fourth-order valence-electron chi connectivity index (χ4n) is 3.07. The van der Waals surface area contributed by atoms with Crippen LogP contribution in [0.15, 0.2) is 41.5 Å². The van der Waals surface area contributed by atoms with E-state index in [1.54, 1.807) is 6.07 Å². The highest BCUT2D eigenvalue weighted by Gasteiger charge is 2.30. The number of rotatable bonds is 6. The zero-order valence-corrected chi connectivity index (χ0v) is 15.0. The molecule has 1 aromatic rings.